The molecule has 1 aliphatic rings. The molecule has 0 aliphatic heterocycles. The molecule has 0 nitrogen and oxygen atoms in total. The second kappa shape index (κ2) is 18.0. The van der Waals surface area contributed by atoms with Gasteiger partial charge in [0.1, 0.15) is 0 Å². The van der Waals surface area contributed by atoms with E-state index in [4.69, 9.17) is 0 Å². The summed E-state index contributed by atoms with van der Waals surface area (Å²) in [5.74, 6) is 1.96. The van der Waals surface area contributed by atoms with Gasteiger partial charge in [-0.3, -0.25) is 6.08 Å². The number of fused-ring (bicyclic) bond motifs is 3. The molecule has 0 fully saturated rings. The van der Waals surface area contributed by atoms with Gasteiger partial charge in [-0.15, -0.1) is 46.2 Å². The van der Waals surface area contributed by atoms with Gasteiger partial charge in [-0.05, 0) is 19.8 Å². The zero-order valence-corrected chi connectivity index (χ0v) is 32.0. The molecular formula is C42H46Cl2Zr-2. The summed E-state index contributed by atoms with van der Waals surface area (Å²) in [6.07, 6.45) is 4.63. The van der Waals surface area contributed by atoms with E-state index >= 15 is 0 Å². The van der Waals surface area contributed by atoms with Gasteiger partial charge in [0.15, 0.2) is 0 Å². The molecule has 1 aliphatic carbocycles. The molecule has 45 heavy (non-hydrogen) atoms. The molecule has 234 valence electrons. The standard InChI is InChI=1S/C15H13.C14H23.C13H10.2ClH.Zr/c1-10-3-5-14-12(7-10)9-13-8-11(2)4-6-15(13)14;1-9(2)12-7-8-13(10(3)4)14(12)11(5)6;1-3-7-12(8-4-1)11-13-9-5-2-6-10-13;;;/h3-9H,1-2H3;9-11H,7H2,1-6H3;1-10H;2*1H;/q2*-1;;;;+2/p-2. The number of rotatable bonds is 5. The maximum atomic E-state index is 3.56. The first-order chi connectivity index (χ1) is 20.6. The fourth-order valence-electron chi connectivity index (χ4n) is 5.90. The third-order valence-electron chi connectivity index (χ3n) is 8.10. The Labute approximate surface area is 299 Å². The van der Waals surface area contributed by atoms with E-state index < -0.39 is 0 Å². The van der Waals surface area contributed by atoms with Gasteiger partial charge >= 0.3 is 99.2 Å². The molecule has 0 saturated carbocycles. The van der Waals surface area contributed by atoms with Crippen molar-refractivity contribution in [2.24, 2.45) is 17.8 Å². The van der Waals surface area contributed by atoms with Crippen LogP contribution in [0.3, 0.4) is 0 Å². The van der Waals surface area contributed by atoms with E-state index in [-0.39, 0.29) is 24.8 Å². The summed E-state index contributed by atoms with van der Waals surface area (Å²) in [7, 11) is 0. The van der Waals surface area contributed by atoms with Crippen LogP contribution in [0, 0.1) is 37.7 Å². The van der Waals surface area contributed by atoms with E-state index in [0.29, 0.717) is 17.8 Å². The monoisotopic (exact) mass is 710 g/mol. The summed E-state index contributed by atoms with van der Waals surface area (Å²) < 4.78 is 1.42. The van der Waals surface area contributed by atoms with Crippen LogP contribution >= 0.6 is 0 Å². The van der Waals surface area contributed by atoms with Crippen LogP contribution in [0.4, 0.5) is 0 Å². The molecule has 0 unspecified atom stereocenters. The molecule has 5 aromatic rings. The predicted octanol–water partition coefficient (Wildman–Crippen LogP) is 5.52. The molecule has 0 N–H and O–H groups in total. The van der Waals surface area contributed by atoms with E-state index in [1.807, 2.05) is 0 Å². The summed E-state index contributed by atoms with van der Waals surface area (Å²) in [6, 6.07) is 36.7. The van der Waals surface area contributed by atoms with E-state index in [1.165, 1.54) is 76.8 Å². The van der Waals surface area contributed by atoms with Gasteiger partial charge in [-0.1, -0.05) is 88.8 Å². The molecule has 5 aromatic carbocycles. The predicted molar refractivity (Wildman–Crippen MR) is 186 cm³/mol. The van der Waals surface area contributed by atoms with Crippen LogP contribution < -0.4 is 24.8 Å². The Morgan fingerprint density at radius 2 is 1.07 bits per heavy atom. The minimum atomic E-state index is 0. The Bertz CT molecular complexity index is 1640. The summed E-state index contributed by atoms with van der Waals surface area (Å²) in [4.78, 5) is 0. The van der Waals surface area contributed by atoms with Crippen LogP contribution in [-0.4, -0.2) is 3.21 Å². The molecule has 0 spiro atoms. The molecule has 0 radical (unpaired) electrons. The fraction of sp³-hybridized carbons (Fsp3) is 0.286. The van der Waals surface area contributed by atoms with Crippen molar-refractivity contribution < 1.29 is 49.0 Å². The van der Waals surface area contributed by atoms with Crippen molar-refractivity contribution in [3.8, 4) is 0 Å². The summed E-state index contributed by atoms with van der Waals surface area (Å²) in [6.45, 7) is 18.0. The average Bonchev–Trinajstić information content (AvgIpc) is 3.60. The Morgan fingerprint density at radius 1 is 0.622 bits per heavy atom. The maximum absolute atomic E-state index is 3.56. The molecule has 0 amide bonds. The van der Waals surface area contributed by atoms with Gasteiger partial charge in [0.05, 0.1) is 0 Å². The summed E-state index contributed by atoms with van der Waals surface area (Å²) in [5.41, 5.74) is 10.0. The van der Waals surface area contributed by atoms with Gasteiger partial charge in [0, 0.05) is 0 Å². The van der Waals surface area contributed by atoms with E-state index in [9.17, 15) is 0 Å². The van der Waals surface area contributed by atoms with Crippen molar-refractivity contribution in [3.05, 3.63) is 148 Å². The third-order valence-corrected chi connectivity index (χ3v) is 9.52. The first kappa shape index (κ1) is 38.7. The first-order valence-corrected chi connectivity index (χ1v) is 16.9. The van der Waals surface area contributed by atoms with Gasteiger partial charge in [-0.25, -0.2) is 5.57 Å². The zero-order chi connectivity index (χ0) is 31.1. The van der Waals surface area contributed by atoms with Crippen molar-refractivity contribution in [1.29, 1.82) is 0 Å². The summed E-state index contributed by atoms with van der Waals surface area (Å²) >= 11 is 1.46. The number of aryl methyl sites for hydroxylation is 2. The van der Waals surface area contributed by atoms with Crippen LogP contribution in [0.1, 0.15) is 70.2 Å². The van der Waals surface area contributed by atoms with Crippen molar-refractivity contribution in [2.75, 3.05) is 0 Å². The second-order valence-corrected chi connectivity index (χ2v) is 13.8. The van der Waals surface area contributed by atoms with Gasteiger partial charge < -0.3 is 24.8 Å². The first-order valence-electron chi connectivity index (χ1n) is 15.7. The number of benzene rings is 4. The number of halogens is 2. The normalized spacial score (nSPS) is 12.3. The molecule has 6 rings (SSSR count). The van der Waals surface area contributed by atoms with E-state index in [1.54, 1.807) is 11.1 Å². The number of hydrogen-bond donors (Lipinski definition) is 0. The molecule has 0 saturated heterocycles. The van der Waals surface area contributed by atoms with Crippen LogP contribution in [-0.2, 0) is 24.2 Å². The van der Waals surface area contributed by atoms with Gasteiger partial charge in [0.25, 0.3) is 0 Å². The average molecular weight is 713 g/mol. The van der Waals surface area contributed by atoms with Crippen LogP contribution in [0.2, 0.25) is 0 Å². The zero-order valence-electron chi connectivity index (χ0n) is 28.0. The Hall–Kier alpha value is -2.44. The van der Waals surface area contributed by atoms with E-state index in [2.05, 4.69) is 165 Å². The SMILES string of the molecule is CC(C)C1=[C-]CC(C(C)C)=C1C(C)C.Cc1ccc2c(c1)[cH-]c1cc(C)ccc12.[Cl-].[Cl-].[Zr+2]=[C](c1ccccc1)c1ccccc1. The van der Waals surface area contributed by atoms with Gasteiger partial charge in [-0.2, -0.15) is 11.1 Å². The molecule has 0 atom stereocenters. The minimum absolute atomic E-state index is 0. The Morgan fingerprint density at radius 3 is 1.44 bits per heavy atom. The van der Waals surface area contributed by atoms with Crippen molar-refractivity contribution in [2.45, 2.75) is 61.8 Å². The molecule has 0 bridgehead atoms. The summed E-state index contributed by atoms with van der Waals surface area (Å²) in [5, 5.41) is 5.46. The molecule has 0 heterocycles. The molecular weight excluding hydrogens is 667 g/mol. The Balaban J connectivity index is 0.000000230. The van der Waals surface area contributed by atoms with Crippen molar-refractivity contribution in [3.63, 3.8) is 0 Å². The van der Waals surface area contributed by atoms with Crippen LogP contribution in [0.25, 0.3) is 21.5 Å². The topological polar surface area (TPSA) is 0 Å². The number of allylic oxidation sites excluding steroid dienone is 4. The van der Waals surface area contributed by atoms with Crippen LogP contribution in [0.5, 0.6) is 0 Å². The van der Waals surface area contributed by atoms with Gasteiger partial charge in [0.2, 0.25) is 0 Å². The Kier molecular flexibility index (Phi) is 15.5. The van der Waals surface area contributed by atoms with Crippen molar-refractivity contribution >= 4 is 24.8 Å². The molecule has 0 aromatic heterocycles. The number of hydrogen-bond acceptors (Lipinski definition) is 0. The fourth-order valence-corrected chi connectivity index (χ4v) is 6.72. The third kappa shape index (κ3) is 10.0. The second-order valence-electron chi connectivity index (χ2n) is 12.6. The van der Waals surface area contributed by atoms with Crippen molar-refractivity contribution in [1.82, 2.24) is 0 Å². The van der Waals surface area contributed by atoms with Crippen LogP contribution in [0.15, 0.2) is 120 Å². The quantitative estimate of drug-likeness (QED) is 0.211. The van der Waals surface area contributed by atoms with E-state index in [0.717, 1.165) is 6.42 Å². The molecule has 3 heteroatoms.